The van der Waals surface area contributed by atoms with E-state index in [1.54, 1.807) is 25.1 Å². The monoisotopic (exact) mass is 192 g/mol. The lowest BCUT2D eigenvalue weighted by molar-refractivity contribution is 0.321. The van der Waals surface area contributed by atoms with Gasteiger partial charge in [0.15, 0.2) is 0 Å². The highest BCUT2D eigenvalue weighted by molar-refractivity contribution is 6.32. The van der Waals surface area contributed by atoms with E-state index in [2.05, 4.69) is 5.16 Å². The molecule has 1 rings (SSSR count). The maximum absolute atomic E-state index is 13.3. The second-order valence-corrected chi connectivity index (χ2v) is 3.07. The third kappa shape index (κ3) is 2.04. The zero-order valence-electron chi connectivity index (χ0n) is 8.03. The van der Waals surface area contributed by atoms with E-state index in [9.17, 15) is 4.39 Å². The van der Waals surface area contributed by atoms with Crippen molar-refractivity contribution in [1.29, 1.82) is 0 Å². The quantitative estimate of drug-likeness (QED) is 0.320. The molecule has 0 bridgehead atoms. The molecule has 0 atom stereocenters. The minimum absolute atomic E-state index is 0.215. The molecule has 3 nitrogen and oxygen atoms in total. The van der Waals surface area contributed by atoms with Crippen molar-refractivity contribution in [3.8, 4) is 0 Å². The van der Waals surface area contributed by atoms with Gasteiger partial charge in [-0.1, -0.05) is 10.6 Å². The molecule has 5 heteroatoms. The van der Waals surface area contributed by atoms with Gasteiger partial charge in [-0.3, -0.25) is 0 Å². The molecule has 0 saturated carbocycles. The second kappa shape index (κ2) is 4.13. The van der Waals surface area contributed by atoms with Crippen LogP contribution in [0.3, 0.4) is 0 Å². The molecule has 72 valence electrons. The first-order chi connectivity index (χ1) is 6.56. The molecule has 0 aliphatic carbocycles. The summed E-state index contributed by atoms with van der Waals surface area (Å²) in [6.07, 6.45) is 1.05. The molecule has 0 aliphatic rings. The van der Waals surface area contributed by atoms with Gasteiger partial charge in [0.25, 0.3) is 0 Å². The van der Waals surface area contributed by atoms with Crippen LogP contribution in [0.5, 0.6) is 0 Å². The molecule has 0 saturated heterocycles. The highest BCUT2D eigenvalue weighted by atomic mass is 19.1. The Hall–Kier alpha value is -1.52. The SMILES string of the molecule is [B]c1cc(F)c(/C=N/O)c(N(C)C)c1. The maximum Gasteiger partial charge on any atom is 0.133 e. The Kier molecular flexibility index (Phi) is 3.12. The van der Waals surface area contributed by atoms with Gasteiger partial charge in [-0.15, -0.1) is 0 Å². The highest BCUT2D eigenvalue weighted by Gasteiger charge is 2.09. The number of nitrogens with zero attached hydrogens (tertiary/aromatic N) is 2. The number of halogens is 1. The van der Waals surface area contributed by atoms with Crippen LogP contribution in [0.25, 0.3) is 0 Å². The molecule has 1 aromatic rings. The van der Waals surface area contributed by atoms with Crippen LogP contribution in [0.2, 0.25) is 0 Å². The average molecular weight is 192 g/mol. The second-order valence-electron chi connectivity index (χ2n) is 3.07. The van der Waals surface area contributed by atoms with Gasteiger partial charge in [0.05, 0.1) is 11.8 Å². The van der Waals surface area contributed by atoms with Gasteiger partial charge in [-0.25, -0.2) is 4.39 Å². The topological polar surface area (TPSA) is 35.8 Å². The zero-order chi connectivity index (χ0) is 10.7. The van der Waals surface area contributed by atoms with Gasteiger partial charge >= 0.3 is 0 Å². The van der Waals surface area contributed by atoms with Crippen LogP contribution in [0.15, 0.2) is 17.3 Å². The third-order valence-corrected chi connectivity index (χ3v) is 1.80. The van der Waals surface area contributed by atoms with Crippen LogP contribution in [0.1, 0.15) is 5.56 Å². The van der Waals surface area contributed by atoms with Gasteiger partial charge in [0.1, 0.15) is 13.7 Å². The van der Waals surface area contributed by atoms with E-state index in [1.807, 2.05) is 0 Å². The number of hydrogen-bond donors (Lipinski definition) is 1. The van der Waals surface area contributed by atoms with Gasteiger partial charge < -0.3 is 10.1 Å². The van der Waals surface area contributed by atoms with Crippen LogP contribution >= 0.6 is 0 Å². The Morgan fingerprint density at radius 1 is 1.50 bits per heavy atom. The minimum atomic E-state index is -0.508. The summed E-state index contributed by atoms with van der Waals surface area (Å²) in [7, 11) is 8.99. The summed E-state index contributed by atoms with van der Waals surface area (Å²) in [6.45, 7) is 0. The normalized spacial score (nSPS) is 10.8. The Morgan fingerprint density at radius 3 is 2.64 bits per heavy atom. The standard InChI is InChI=1S/C9H10BFN2O/c1-13(2)9-4-6(10)3-8(11)7(9)5-12-14/h3-5,14H,1-2H3/b12-5+. The van der Waals surface area contributed by atoms with Gasteiger partial charge in [-0.2, -0.15) is 0 Å². The van der Waals surface area contributed by atoms with E-state index in [4.69, 9.17) is 13.1 Å². The summed E-state index contributed by atoms with van der Waals surface area (Å²) < 4.78 is 13.3. The minimum Gasteiger partial charge on any atom is -0.411 e. The van der Waals surface area contributed by atoms with Crippen molar-refractivity contribution in [2.75, 3.05) is 19.0 Å². The van der Waals surface area contributed by atoms with Gasteiger partial charge in [-0.05, 0) is 12.1 Å². The van der Waals surface area contributed by atoms with Crippen LogP contribution in [-0.4, -0.2) is 33.4 Å². The number of benzene rings is 1. The third-order valence-electron chi connectivity index (χ3n) is 1.80. The molecular formula is C9H10BFN2O. The number of rotatable bonds is 2. The first-order valence-corrected chi connectivity index (χ1v) is 4.00. The fraction of sp³-hybridized carbons (Fsp3) is 0.222. The van der Waals surface area contributed by atoms with Crippen molar-refractivity contribution in [3.05, 3.63) is 23.5 Å². The smallest absolute Gasteiger partial charge is 0.133 e. The largest absolute Gasteiger partial charge is 0.411 e. The summed E-state index contributed by atoms with van der Waals surface area (Å²) >= 11 is 0. The molecule has 0 aromatic heterocycles. The van der Waals surface area contributed by atoms with E-state index in [0.29, 0.717) is 11.2 Å². The first kappa shape index (κ1) is 10.6. The molecule has 1 N–H and O–H groups in total. The number of oxime groups is 1. The lowest BCUT2D eigenvalue weighted by Crippen LogP contribution is -2.16. The fourth-order valence-electron chi connectivity index (χ4n) is 1.18. The molecule has 0 unspecified atom stereocenters. The predicted molar refractivity (Wildman–Crippen MR) is 55.5 cm³/mol. The highest BCUT2D eigenvalue weighted by Crippen LogP contribution is 2.17. The van der Waals surface area contributed by atoms with Gasteiger partial charge in [0, 0.05) is 19.8 Å². The summed E-state index contributed by atoms with van der Waals surface area (Å²) in [5, 5.41) is 11.2. The molecule has 0 amide bonds. The first-order valence-electron chi connectivity index (χ1n) is 4.00. The van der Waals surface area contributed by atoms with Crippen LogP contribution in [-0.2, 0) is 0 Å². The molecular weight excluding hydrogens is 182 g/mol. The van der Waals surface area contributed by atoms with E-state index in [0.717, 1.165) is 6.21 Å². The Bertz CT molecular complexity index is 366. The van der Waals surface area contributed by atoms with Crippen LogP contribution in [0.4, 0.5) is 10.1 Å². The summed E-state index contributed by atoms with van der Waals surface area (Å²) in [5.41, 5.74) is 1.12. The number of anilines is 1. The zero-order valence-corrected chi connectivity index (χ0v) is 8.03. The summed E-state index contributed by atoms with van der Waals surface area (Å²) in [5.74, 6) is -0.508. The molecule has 0 aliphatic heterocycles. The number of hydrogen-bond acceptors (Lipinski definition) is 3. The lowest BCUT2D eigenvalue weighted by Gasteiger charge is -2.16. The van der Waals surface area contributed by atoms with Crippen molar-refractivity contribution in [3.63, 3.8) is 0 Å². The average Bonchev–Trinajstić information content (AvgIpc) is 2.09. The van der Waals surface area contributed by atoms with E-state index >= 15 is 0 Å². The van der Waals surface area contributed by atoms with Crippen molar-refractivity contribution in [1.82, 2.24) is 0 Å². The Morgan fingerprint density at radius 2 is 2.14 bits per heavy atom. The summed E-state index contributed by atoms with van der Waals surface area (Å²) in [4.78, 5) is 1.69. The van der Waals surface area contributed by atoms with E-state index in [1.165, 1.54) is 6.07 Å². The lowest BCUT2D eigenvalue weighted by atomic mass is 9.93. The van der Waals surface area contributed by atoms with Crippen molar-refractivity contribution < 1.29 is 9.60 Å². The maximum atomic E-state index is 13.3. The molecule has 2 radical (unpaired) electrons. The van der Waals surface area contributed by atoms with E-state index < -0.39 is 5.82 Å². The van der Waals surface area contributed by atoms with Crippen LogP contribution < -0.4 is 10.4 Å². The van der Waals surface area contributed by atoms with Crippen molar-refractivity contribution in [2.45, 2.75) is 0 Å². The van der Waals surface area contributed by atoms with E-state index in [-0.39, 0.29) is 5.56 Å². The molecule has 0 heterocycles. The molecule has 1 aromatic carbocycles. The molecule has 14 heavy (non-hydrogen) atoms. The summed E-state index contributed by atoms with van der Waals surface area (Å²) in [6, 6.07) is 2.80. The fourth-order valence-corrected chi connectivity index (χ4v) is 1.18. The Labute approximate surface area is 83.2 Å². The Balaban J connectivity index is 3.36. The van der Waals surface area contributed by atoms with Crippen molar-refractivity contribution >= 4 is 25.2 Å². The van der Waals surface area contributed by atoms with Crippen LogP contribution in [0, 0.1) is 5.82 Å². The molecule has 0 spiro atoms. The predicted octanol–water partition coefficient (Wildman–Crippen LogP) is 0.494. The van der Waals surface area contributed by atoms with Gasteiger partial charge in [0.2, 0.25) is 0 Å². The van der Waals surface area contributed by atoms with Crippen molar-refractivity contribution in [2.24, 2.45) is 5.16 Å². The molecule has 0 fully saturated rings.